The van der Waals surface area contributed by atoms with E-state index in [1.165, 1.54) is 32.1 Å². The summed E-state index contributed by atoms with van der Waals surface area (Å²) in [5, 5.41) is 0. The summed E-state index contributed by atoms with van der Waals surface area (Å²) in [4.78, 5) is 12.3. The zero-order chi connectivity index (χ0) is 23.6. The van der Waals surface area contributed by atoms with Gasteiger partial charge in [-0.2, -0.15) is 0 Å². The first-order valence-electron chi connectivity index (χ1n) is 12.5. The maximum Gasteiger partial charge on any atom is 0.340 e. The van der Waals surface area contributed by atoms with Gasteiger partial charge in [0.15, 0.2) is 20.7 Å². The number of hydrogen-bond donors (Lipinski definition) is 0. The van der Waals surface area contributed by atoms with Crippen molar-refractivity contribution in [2.24, 2.45) is 29.1 Å². The van der Waals surface area contributed by atoms with Gasteiger partial charge in [0.05, 0.1) is 6.61 Å². The Kier molecular flexibility index (Phi) is 8.51. The summed E-state index contributed by atoms with van der Waals surface area (Å²) in [6.45, 7) is 14.6. The van der Waals surface area contributed by atoms with E-state index in [-0.39, 0.29) is 25.5 Å². The number of cyclic esters (lactones) is 1. The SMILES string of the molecule is COCOC[C@H](C[C@@H](C)[C@H]1CCC2[C@@H](O[Si](C)(C)C)CCC[C@@]21C)C[C@]1(C)OCOC1=O. The van der Waals surface area contributed by atoms with Gasteiger partial charge in [-0.1, -0.05) is 20.3 Å². The molecule has 32 heavy (non-hydrogen) atoms. The standard InChI is InChI=1S/C25H46O6Si/c1-18(13-19(15-28-16-27-4)14-25(3)23(26)29-17-30-25)20-10-11-21-22(31-32(5,6)7)9-8-12-24(20,21)2/h18-22H,8-17H2,1-7H3/t18-,19-,20-,21?,22+,24-,25+/m1/s1. The second kappa shape index (κ2) is 10.4. The molecule has 0 N–H and O–H groups in total. The molecule has 7 heteroatoms. The van der Waals surface area contributed by atoms with Crippen LogP contribution in [0.4, 0.5) is 0 Å². The molecule has 1 unspecified atom stereocenters. The van der Waals surface area contributed by atoms with Gasteiger partial charge in [-0.15, -0.1) is 0 Å². The molecule has 186 valence electrons. The molecular weight excluding hydrogens is 424 g/mol. The molecule has 1 saturated heterocycles. The molecule has 2 saturated carbocycles. The van der Waals surface area contributed by atoms with Crippen LogP contribution in [0.25, 0.3) is 0 Å². The molecule has 2 aliphatic carbocycles. The molecule has 1 heterocycles. The molecule has 3 fully saturated rings. The third kappa shape index (κ3) is 5.95. The Hall–Kier alpha value is -0.473. The minimum Gasteiger partial charge on any atom is -0.436 e. The fourth-order valence-corrected chi connectivity index (χ4v) is 8.20. The van der Waals surface area contributed by atoms with Crippen molar-refractivity contribution in [1.29, 1.82) is 0 Å². The minimum atomic E-state index is -1.55. The first-order chi connectivity index (χ1) is 15.0. The Labute approximate surface area is 196 Å². The average molecular weight is 471 g/mol. The van der Waals surface area contributed by atoms with Crippen LogP contribution in [0.15, 0.2) is 0 Å². The normalized spacial score (nSPS) is 37.2. The molecule has 0 aromatic rings. The van der Waals surface area contributed by atoms with E-state index in [9.17, 15) is 4.79 Å². The van der Waals surface area contributed by atoms with Gasteiger partial charge in [-0.05, 0) is 94.2 Å². The van der Waals surface area contributed by atoms with Gasteiger partial charge < -0.3 is 23.4 Å². The number of rotatable bonds is 11. The lowest BCUT2D eigenvalue weighted by molar-refractivity contribution is -0.144. The second-order valence-corrected chi connectivity index (χ2v) is 16.4. The van der Waals surface area contributed by atoms with Crippen molar-refractivity contribution in [3.05, 3.63) is 0 Å². The second-order valence-electron chi connectivity index (χ2n) is 11.9. The van der Waals surface area contributed by atoms with Gasteiger partial charge in [-0.3, -0.25) is 0 Å². The molecule has 3 aliphatic rings. The van der Waals surface area contributed by atoms with Crippen LogP contribution in [0.2, 0.25) is 19.6 Å². The number of ether oxygens (including phenoxy) is 4. The third-order valence-electron chi connectivity index (χ3n) is 8.26. The Balaban J connectivity index is 1.68. The van der Waals surface area contributed by atoms with E-state index >= 15 is 0 Å². The molecule has 1 aliphatic heterocycles. The molecule has 0 aromatic carbocycles. The van der Waals surface area contributed by atoms with Crippen molar-refractivity contribution in [2.45, 2.75) is 97.1 Å². The van der Waals surface area contributed by atoms with E-state index in [0.717, 1.165) is 6.42 Å². The summed E-state index contributed by atoms with van der Waals surface area (Å²) in [6.07, 6.45) is 8.40. The molecule has 3 rings (SSSR count). The summed E-state index contributed by atoms with van der Waals surface area (Å²) < 4.78 is 28.3. The van der Waals surface area contributed by atoms with Crippen molar-refractivity contribution in [2.75, 3.05) is 27.3 Å². The topological polar surface area (TPSA) is 63.2 Å². The minimum absolute atomic E-state index is 0.0530. The molecule has 0 amide bonds. The van der Waals surface area contributed by atoms with E-state index in [1.807, 2.05) is 6.92 Å². The highest BCUT2D eigenvalue weighted by molar-refractivity contribution is 6.69. The predicted octanol–water partition coefficient (Wildman–Crippen LogP) is 5.37. The van der Waals surface area contributed by atoms with Crippen LogP contribution in [-0.2, 0) is 28.2 Å². The number of fused-ring (bicyclic) bond motifs is 1. The van der Waals surface area contributed by atoms with Gasteiger partial charge in [0.2, 0.25) is 0 Å². The van der Waals surface area contributed by atoms with Crippen LogP contribution in [0.1, 0.15) is 65.7 Å². The van der Waals surface area contributed by atoms with E-state index in [2.05, 4.69) is 33.5 Å². The van der Waals surface area contributed by atoms with Crippen molar-refractivity contribution in [1.82, 2.24) is 0 Å². The Morgan fingerprint density at radius 3 is 2.56 bits per heavy atom. The highest BCUT2D eigenvalue weighted by Crippen LogP contribution is 2.59. The quantitative estimate of drug-likeness (QED) is 0.175. The highest BCUT2D eigenvalue weighted by atomic mass is 28.4. The van der Waals surface area contributed by atoms with Crippen LogP contribution in [0.5, 0.6) is 0 Å². The summed E-state index contributed by atoms with van der Waals surface area (Å²) in [5.41, 5.74) is -0.531. The molecular formula is C25H46O6Si. The average Bonchev–Trinajstić information content (AvgIpc) is 3.20. The third-order valence-corrected chi connectivity index (χ3v) is 9.27. The maximum absolute atomic E-state index is 12.3. The monoisotopic (exact) mass is 470 g/mol. The lowest BCUT2D eigenvalue weighted by Crippen LogP contribution is -2.46. The molecule has 0 bridgehead atoms. The number of esters is 1. The molecule has 7 atom stereocenters. The largest absolute Gasteiger partial charge is 0.436 e. The van der Waals surface area contributed by atoms with Crippen LogP contribution >= 0.6 is 0 Å². The Morgan fingerprint density at radius 1 is 1.19 bits per heavy atom. The van der Waals surface area contributed by atoms with Gasteiger partial charge in [0.25, 0.3) is 0 Å². The predicted molar refractivity (Wildman–Crippen MR) is 127 cm³/mol. The molecule has 0 radical (unpaired) electrons. The van der Waals surface area contributed by atoms with E-state index < -0.39 is 13.9 Å². The van der Waals surface area contributed by atoms with E-state index in [1.54, 1.807) is 7.11 Å². The Morgan fingerprint density at radius 2 is 1.94 bits per heavy atom. The number of carbonyl (C=O) groups excluding carboxylic acids is 1. The first-order valence-corrected chi connectivity index (χ1v) is 15.9. The van der Waals surface area contributed by atoms with Crippen molar-refractivity contribution >= 4 is 14.3 Å². The van der Waals surface area contributed by atoms with Crippen molar-refractivity contribution in [3.63, 3.8) is 0 Å². The summed E-state index contributed by atoms with van der Waals surface area (Å²) in [7, 11) is 0.0834. The van der Waals surface area contributed by atoms with Crippen LogP contribution < -0.4 is 0 Å². The van der Waals surface area contributed by atoms with Crippen molar-refractivity contribution < 1.29 is 28.2 Å². The summed E-state index contributed by atoms with van der Waals surface area (Å²) in [5.74, 6) is 1.86. The smallest absolute Gasteiger partial charge is 0.340 e. The summed E-state index contributed by atoms with van der Waals surface area (Å²) in [6, 6.07) is 0. The highest BCUT2D eigenvalue weighted by Gasteiger charge is 2.53. The number of methoxy groups -OCH3 is 1. The fourth-order valence-electron chi connectivity index (χ4n) is 7.01. The number of carbonyl (C=O) groups is 1. The zero-order valence-electron chi connectivity index (χ0n) is 21.4. The van der Waals surface area contributed by atoms with Crippen LogP contribution in [0, 0.1) is 29.1 Å². The Bertz CT molecular complexity index is 636. The summed E-state index contributed by atoms with van der Waals surface area (Å²) >= 11 is 0. The lowest BCUT2D eigenvalue weighted by atomic mass is 9.61. The maximum atomic E-state index is 12.3. The van der Waals surface area contributed by atoms with Crippen molar-refractivity contribution in [3.8, 4) is 0 Å². The van der Waals surface area contributed by atoms with Crippen LogP contribution in [-0.4, -0.2) is 53.3 Å². The van der Waals surface area contributed by atoms with Gasteiger partial charge >= 0.3 is 5.97 Å². The van der Waals surface area contributed by atoms with E-state index in [0.29, 0.717) is 42.3 Å². The van der Waals surface area contributed by atoms with Gasteiger partial charge in [0, 0.05) is 13.2 Å². The fraction of sp³-hybridized carbons (Fsp3) is 0.960. The zero-order valence-corrected chi connectivity index (χ0v) is 22.4. The molecule has 6 nitrogen and oxygen atoms in total. The van der Waals surface area contributed by atoms with E-state index in [4.69, 9.17) is 23.4 Å². The number of hydrogen-bond acceptors (Lipinski definition) is 6. The van der Waals surface area contributed by atoms with Gasteiger partial charge in [-0.25, -0.2) is 4.79 Å². The van der Waals surface area contributed by atoms with Gasteiger partial charge in [0.1, 0.15) is 6.79 Å². The first kappa shape index (κ1) is 26.1. The molecule has 0 spiro atoms. The molecule has 0 aromatic heterocycles. The van der Waals surface area contributed by atoms with Crippen LogP contribution in [0.3, 0.4) is 0 Å². The lowest BCUT2D eigenvalue weighted by Gasteiger charge is -2.48.